The molecule has 0 aromatic heterocycles. The van der Waals surface area contributed by atoms with Gasteiger partial charge < -0.3 is 19.7 Å². The van der Waals surface area contributed by atoms with Gasteiger partial charge in [0.2, 0.25) is 6.79 Å². The maximum atomic E-state index is 12.4. The summed E-state index contributed by atoms with van der Waals surface area (Å²) in [6.07, 6.45) is 0. The molecule has 0 saturated carbocycles. The molecule has 0 aliphatic carbocycles. The lowest BCUT2D eigenvalue weighted by molar-refractivity contribution is 0.174. The van der Waals surface area contributed by atoms with Crippen LogP contribution in [0.3, 0.4) is 0 Å². The summed E-state index contributed by atoms with van der Waals surface area (Å²) in [7, 11) is 1.76. The predicted octanol–water partition coefficient (Wildman–Crippen LogP) is 3.97. The van der Waals surface area contributed by atoms with Gasteiger partial charge >= 0.3 is 6.03 Å². The highest BCUT2D eigenvalue weighted by Crippen LogP contribution is 2.34. The molecule has 2 aromatic carbocycles. The Kier molecular flexibility index (Phi) is 4.81. The molecular formula is C18H19ClN2O3. The lowest BCUT2D eigenvalue weighted by atomic mass is 10.1. The number of hydrogen-bond donors (Lipinski definition) is 1. The minimum absolute atomic E-state index is 0.139. The number of hydrogen-bond acceptors (Lipinski definition) is 3. The summed E-state index contributed by atoms with van der Waals surface area (Å²) in [6.45, 7) is 2.69. The molecule has 24 heavy (non-hydrogen) atoms. The molecule has 0 spiro atoms. The molecule has 0 bridgehead atoms. The number of rotatable bonds is 4. The number of halogens is 1. The van der Waals surface area contributed by atoms with Crippen molar-refractivity contribution in [3.05, 3.63) is 58.6 Å². The first kappa shape index (κ1) is 16.5. The zero-order chi connectivity index (χ0) is 17.1. The van der Waals surface area contributed by atoms with Crippen LogP contribution in [0.15, 0.2) is 42.5 Å². The summed E-state index contributed by atoms with van der Waals surface area (Å²) in [5.74, 6) is 1.44. The first-order chi connectivity index (χ1) is 11.5. The molecule has 0 saturated heterocycles. The lowest BCUT2D eigenvalue weighted by Gasteiger charge is -2.22. The van der Waals surface area contributed by atoms with Crippen LogP contribution in [0, 0.1) is 0 Å². The minimum atomic E-state index is -0.143. The third-order valence-electron chi connectivity index (χ3n) is 3.92. The van der Waals surface area contributed by atoms with Crippen molar-refractivity contribution >= 4 is 17.6 Å². The summed E-state index contributed by atoms with van der Waals surface area (Å²) < 4.78 is 10.7. The average molecular weight is 347 g/mol. The Bertz CT molecular complexity index is 734. The Hall–Kier alpha value is -2.40. The Balaban J connectivity index is 1.60. The smallest absolute Gasteiger partial charge is 0.317 e. The van der Waals surface area contributed by atoms with Gasteiger partial charge in [0, 0.05) is 18.6 Å². The molecular weight excluding hydrogens is 328 g/mol. The number of urea groups is 1. The Morgan fingerprint density at radius 3 is 2.67 bits per heavy atom. The number of nitrogens with one attached hydrogen (secondary N) is 1. The van der Waals surface area contributed by atoms with Crippen molar-refractivity contribution < 1.29 is 14.3 Å². The summed E-state index contributed by atoms with van der Waals surface area (Å²) in [5, 5.41) is 3.67. The largest absolute Gasteiger partial charge is 0.454 e. The summed E-state index contributed by atoms with van der Waals surface area (Å²) >= 11 is 5.88. The van der Waals surface area contributed by atoms with Gasteiger partial charge in [-0.3, -0.25) is 0 Å². The molecule has 1 aliphatic rings. The van der Waals surface area contributed by atoms with Gasteiger partial charge in [0.25, 0.3) is 0 Å². The van der Waals surface area contributed by atoms with E-state index in [-0.39, 0.29) is 18.9 Å². The third-order valence-corrected chi connectivity index (χ3v) is 4.17. The second kappa shape index (κ2) is 7.01. The third kappa shape index (κ3) is 3.74. The first-order valence-corrected chi connectivity index (χ1v) is 8.06. The van der Waals surface area contributed by atoms with E-state index in [0.717, 1.165) is 16.9 Å². The maximum Gasteiger partial charge on any atom is 0.317 e. The van der Waals surface area contributed by atoms with Crippen molar-refractivity contribution in [2.24, 2.45) is 0 Å². The highest BCUT2D eigenvalue weighted by Gasteiger charge is 2.18. The van der Waals surface area contributed by atoms with E-state index in [1.807, 2.05) is 49.4 Å². The fourth-order valence-electron chi connectivity index (χ4n) is 2.50. The van der Waals surface area contributed by atoms with E-state index in [0.29, 0.717) is 17.3 Å². The zero-order valence-corrected chi connectivity index (χ0v) is 14.3. The normalized spacial score (nSPS) is 13.5. The van der Waals surface area contributed by atoms with Crippen molar-refractivity contribution in [3.8, 4) is 11.5 Å². The molecule has 0 fully saturated rings. The van der Waals surface area contributed by atoms with Gasteiger partial charge in [-0.05, 0) is 42.3 Å². The Morgan fingerprint density at radius 2 is 1.92 bits per heavy atom. The molecule has 0 radical (unpaired) electrons. The van der Waals surface area contributed by atoms with Crippen LogP contribution >= 0.6 is 11.6 Å². The molecule has 1 aliphatic heterocycles. The molecule has 126 valence electrons. The number of ether oxygens (including phenoxy) is 2. The fraction of sp³-hybridized carbons (Fsp3) is 0.278. The monoisotopic (exact) mass is 346 g/mol. The number of carbonyl (C=O) groups excluding carboxylic acids is 1. The first-order valence-electron chi connectivity index (χ1n) is 7.68. The van der Waals surface area contributed by atoms with Gasteiger partial charge in [0.15, 0.2) is 11.5 Å². The second-order valence-electron chi connectivity index (χ2n) is 5.77. The van der Waals surface area contributed by atoms with Crippen molar-refractivity contribution in [1.29, 1.82) is 0 Å². The van der Waals surface area contributed by atoms with E-state index in [4.69, 9.17) is 21.1 Å². The van der Waals surface area contributed by atoms with Gasteiger partial charge in [-0.15, -0.1) is 0 Å². The van der Waals surface area contributed by atoms with Crippen LogP contribution in [-0.4, -0.2) is 24.8 Å². The van der Waals surface area contributed by atoms with Gasteiger partial charge in [-0.25, -0.2) is 4.79 Å². The van der Waals surface area contributed by atoms with E-state index < -0.39 is 0 Å². The van der Waals surface area contributed by atoms with Crippen molar-refractivity contribution in [2.75, 3.05) is 13.8 Å². The van der Waals surface area contributed by atoms with Gasteiger partial charge in [0.05, 0.1) is 6.04 Å². The van der Waals surface area contributed by atoms with Crippen molar-refractivity contribution in [3.63, 3.8) is 0 Å². The number of amides is 2. The molecule has 5 nitrogen and oxygen atoms in total. The van der Waals surface area contributed by atoms with Crippen molar-refractivity contribution in [2.45, 2.75) is 19.5 Å². The van der Waals surface area contributed by atoms with Crippen LogP contribution in [0.5, 0.6) is 11.5 Å². The molecule has 6 heteroatoms. The summed E-state index contributed by atoms with van der Waals surface area (Å²) in [4.78, 5) is 14.0. The molecule has 3 rings (SSSR count). The molecule has 1 atom stereocenters. The van der Waals surface area contributed by atoms with Crippen LogP contribution in [0.2, 0.25) is 5.02 Å². The number of nitrogens with zero attached hydrogens (tertiary/aromatic N) is 1. The van der Waals surface area contributed by atoms with Gasteiger partial charge in [-0.1, -0.05) is 29.8 Å². The van der Waals surface area contributed by atoms with Gasteiger partial charge in [0.1, 0.15) is 0 Å². The van der Waals surface area contributed by atoms with E-state index in [9.17, 15) is 4.79 Å². The quantitative estimate of drug-likeness (QED) is 0.911. The molecule has 2 aromatic rings. The van der Waals surface area contributed by atoms with Crippen LogP contribution < -0.4 is 14.8 Å². The van der Waals surface area contributed by atoms with E-state index >= 15 is 0 Å². The summed E-state index contributed by atoms with van der Waals surface area (Å²) in [5.41, 5.74) is 1.99. The number of benzene rings is 2. The highest BCUT2D eigenvalue weighted by atomic mass is 35.5. The van der Waals surface area contributed by atoms with E-state index in [1.165, 1.54) is 0 Å². The number of fused-ring (bicyclic) bond motifs is 1. The fourth-order valence-corrected chi connectivity index (χ4v) is 2.62. The Morgan fingerprint density at radius 1 is 1.21 bits per heavy atom. The van der Waals surface area contributed by atoms with Crippen LogP contribution in [-0.2, 0) is 6.54 Å². The highest BCUT2D eigenvalue weighted by molar-refractivity contribution is 6.30. The molecule has 1 unspecified atom stereocenters. The second-order valence-corrected chi connectivity index (χ2v) is 6.20. The predicted molar refractivity (Wildman–Crippen MR) is 92.4 cm³/mol. The van der Waals surface area contributed by atoms with Crippen molar-refractivity contribution in [1.82, 2.24) is 10.2 Å². The summed E-state index contributed by atoms with van der Waals surface area (Å²) in [6, 6.07) is 12.9. The van der Waals surface area contributed by atoms with E-state index in [1.54, 1.807) is 11.9 Å². The minimum Gasteiger partial charge on any atom is -0.454 e. The van der Waals surface area contributed by atoms with Crippen LogP contribution in [0.25, 0.3) is 0 Å². The molecule has 2 amide bonds. The van der Waals surface area contributed by atoms with Crippen LogP contribution in [0.4, 0.5) is 4.79 Å². The van der Waals surface area contributed by atoms with Gasteiger partial charge in [-0.2, -0.15) is 0 Å². The SMILES string of the molecule is CC(NC(=O)N(C)Cc1ccc(Cl)cc1)c1ccc2c(c1)OCO2. The molecule has 1 N–H and O–H groups in total. The number of carbonyl (C=O) groups is 1. The lowest BCUT2D eigenvalue weighted by Crippen LogP contribution is -2.38. The standard InChI is InChI=1S/C18H19ClN2O3/c1-12(14-5-8-16-17(9-14)24-11-23-16)20-18(22)21(2)10-13-3-6-15(19)7-4-13/h3-9,12H,10-11H2,1-2H3,(H,20,22). The Labute approximate surface area is 146 Å². The zero-order valence-electron chi connectivity index (χ0n) is 13.6. The molecule has 1 heterocycles. The average Bonchev–Trinajstić information content (AvgIpc) is 3.04. The topological polar surface area (TPSA) is 50.8 Å². The van der Waals surface area contributed by atoms with E-state index in [2.05, 4.69) is 5.32 Å². The van der Waals surface area contributed by atoms with Crippen LogP contribution in [0.1, 0.15) is 24.1 Å². The maximum absolute atomic E-state index is 12.4.